The number of rotatable bonds is 2. The molecule has 1 heterocycles. The van der Waals surface area contributed by atoms with Crippen molar-refractivity contribution in [2.45, 2.75) is 58.2 Å². The third-order valence-electron chi connectivity index (χ3n) is 4.07. The molecule has 3 atom stereocenters. The molecule has 0 aromatic carbocycles. The van der Waals surface area contributed by atoms with E-state index in [0.717, 1.165) is 18.0 Å². The molecule has 0 bridgehead atoms. The van der Waals surface area contributed by atoms with Crippen LogP contribution in [-0.4, -0.2) is 36.1 Å². The second-order valence-corrected chi connectivity index (χ2v) is 5.76. The molecule has 1 N–H and O–H groups in total. The summed E-state index contributed by atoms with van der Waals surface area (Å²) in [6.07, 6.45) is 8.60. The van der Waals surface area contributed by atoms with Crippen molar-refractivity contribution in [2.75, 3.05) is 13.1 Å². The van der Waals surface area contributed by atoms with Gasteiger partial charge in [-0.25, -0.2) is 0 Å². The lowest BCUT2D eigenvalue weighted by Gasteiger charge is -2.46. The van der Waals surface area contributed by atoms with Crippen molar-refractivity contribution in [1.82, 2.24) is 10.2 Å². The Hall–Kier alpha value is -0.340. The quantitative estimate of drug-likeness (QED) is 0.722. The van der Waals surface area contributed by atoms with E-state index in [9.17, 15) is 0 Å². The predicted molar refractivity (Wildman–Crippen MR) is 69.6 cm³/mol. The standard InChI is InChI=1S/C14H26N2/c1-11(2)14-9-15-12(3)10-16(14)13-7-5-4-6-8-13/h4-5,11-15H,6-10H2,1-3H3. The molecule has 0 aromatic rings. The van der Waals surface area contributed by atoms with E-state index >= 15 is 0 Å². The minimum absolute atomic E-state index is 0.654. The summed E-state index contributed by atoms with van der Waals surface area (Å²) in [6.45, 7) is 9.41. The zero-order valence-corrected chi connectivity index (χ0v) is 10.9. The maximum absolute atomic E-state index is 3.62. The highest BCUT2D eigenvalue weighted by molar-refractivity contribution is 4.98. The van der Waals surface area contributed by atoms with Crippen LogP contribution in [0, 0.1) is 5.92 Å². The summed E-state index contributed by atoms with van der Waals surface area (Å²) < 4.78 is 0. The fourth-order valence-corrected chi connectivity index (χ4v) is 3.07. The van der Waals surface area contributed by atoms with Crippen molar-refractivity contribution < 1.29 is 0 Å². The third kappa shape index (κ3) is 2.67. The molecule has 3 unspecified atom stereocenters. The lowest BCUT2D eigenvalue weighted by Crippen LogP contribution is -2.60. The summed E-state index contributed by atoms with van der Waals surface area (Å²) in [5.41, 5.74) is 0. The predicted octanol–water partition coefficient (Wildman–Crippen LogP) is 2.41. The molecule has 16 heavy (non-hydrogen) atoms. The van der Waals surface area contributed by atoms with E-state index in [4.69, 9.17) is 0 Å². The van der Waals surface area contributed by atoms with Crippen LogP contribution in [0.5, 0.6) is 0 Å². The zero-order valence-electron chi connectivity index (χ0n) is 10.9. The van der Waals surface area contributed by atoms with Gasteiger partial charge >= 0.3 is 0 Å². The van der Waals surface area contributed by atoms with E-state index in [1.165, 1.54) is 32.4 Å². The van der Waals surface area contributed by atoms with Crippen LogP contribution in [-0.2, 0) is 0 Å². The Morgan fingerprint density at radius 2 is 2.12 bits per heavy atom. The van der Waals surface area contributed by atoms with Crippen LogP contribution in [0.4, 0.5) is 0 Å². The van der Waals surface area contributed by atoms with Gasteiger partial charge in [-0.2, -0.15) is 0 Å². The van der Waals surface area contributed by atoms with Gasteiger partial charge in [0.25, 0.3) is 0 Å². The first kappa shape index (κ1) is 12.1. The average molecular weight is 222 g/mol. The summed E-state index contributed by atoms with van der Waals surface area (Å²) in [5, 5.41) is 3.62. The first-order valence-electron chi connectivity index (χ1n) is 6.82. The minimum Gasteiger partial charge on any atom is -0.311 e. The Labute approximate surface area is 100 Å². The van der Waals surface area contributed by atoms with Crippen molar-refractivity contribution in [3.63, 3.8) is 0 Å². The minimum atomic E-state index is 0.654. The summed E-state index contributed by atoms with van der Waals surface area (Å²) in [5.74, 6) is 0.755. The van der Waals surface area contributed by atoms with E-state index in [0.29, 0.717) is 6.04 Å². The average Bonchev–Trinajstić information content (AvgIpc) is 2.29. The summed E-state index contributed by atoms with van der Waals surface area (Å²) in [7, 11) is 0. The van der Waals surface area contributed by atoms with Crippen molar-refractivity contribution in [3.05, 3.63) is 12.2 Å². The lowest BCUT2D eigenvalue weighted by atomic mass is 9.92. The van der Waals surface area contributed by atoms with Crippen molar-refractivity contribution >= 4 is 0 Å². The number of allylic oxidation sites excluding steroid dienone is 1. The van der Waals surface area contributed by atoms with Gasteiger partial charge in [-0.15, -0.1) is 0 Å². The number of nitrogens with zero attached hydrogens (tertiary/aromatic N) is 1. The molecule has 0 saturated carbocycles. The molecule has 2 aliphatic rings. The third-order valence-corrected chi connectivity index (χ3v) is 4.07. The van der Waals surface area contributed by atoms with Crippen LogP contribution in [0.25, 0.3) is 0 Å². The van der Waals surface area contributed by atoms with Crippen molar-refractivity contribution in [1.29, 1.82) is 0 Å². The van der Waals surface area contributed by atoms with E-state index in [1.807, 2.05) is 0 Å². The summed E-state index contributed by atoms with van der Waals surface area (Å²) in [4.78, 5) is 2.77. The van der Waals surface area contributed by atoms with Crippen LogP contribution in [0.3, 0.4) is 0 Å². The van der Waals surface area contributed by atoms with Crippen LogP contribution >= 0.6 is 0 Å². The van der Waals surface area contributed by atoms with Gasteiger partial charge in [-0.3, -0.25) is 4.90 Å². The highest BCUT2D eigenvalue weighted by Gasteiger charge is 2.32. The topological polar surface area (TPSA) is 15.3 Å². The molecule has 0 spiro atoms. The molecular formula is C14H26N2. The van der Waals surface area contributed by atoms with E-state index in [-0.39, 0.29) is 0 Å². The Morgan fingerprint density at radius 1 is 1.31 bits per heavy atom. The number of hydrogen-bond acceptors (Lipinski definition) is 2. The fraction of sp³-hybridized carbons (Fsp3) is 0.857. The van der Waals surface area contributed by atoms with Gasteiger partial charge in [0, 0.05) is 31.2 Å². The van der Waals surface area contributed by atoms with Gasteiger partial charge in [-0.1, -0.05) is 26.0 Å². The molecule has 0 radical (unpaired) electrons. The van der Waals surface area contributed by atoms with Crippen LogP contribution < -0.4 is 5.32 Å². The maximum atomic E-state index is 3.62. The van der Waals surface area contributed by atoms with Crippen molar-refractivity contribution in [3.8, 4) is 0 Å². The molecule has 0 amide bonds. The molecule has 2 heteroatoms. The summed E-state index contributed by atoms with van der Waals surface area (Å²) >= 11 is 0. The Morgan fingerprint density at radius 3 is 2.75 bits per heavy atom. The molecule has 2 rings (SSSR count). The van der Waals surface area contributed by atoms with Crippen LogP contribution in [0.15, 0.2) is 12.2 Å². The SMILES string of the molecule is CC1CN(C2CC=CCC2)C(C(C)C)CN1. The largest absolute Gasteiger partial charge is 0.311 e. The maximum Gasteiger partial charge on any atom is 0.0247 e. The number of piperazine rings is 1. The molecular weight excluding hydrogens is 196 g/mol. The molecule has 1 saturated heterocycles. The van der Waals surface area contributed by atoms with E-state index in [2.05, 4.69) is 43.1 Å². The first-order chi connectivity index (χ1) is 7.68. The van der Waals surface area contributed by atoms with Gasteiger partial charge in [0.2, 0.25) is 0 Å². The lowest BCUT2D eigenvalue weighted by molar-refractivity contribution is 0.0548. The second kappa shape index (κ2) is 5.33. The van der Waals surface area contributed by atoms with Crippen LogP contribution in [0.2, 0.25) is 0 Å². The zero-order chi connectivity index (χ0) is 11.5. The van der Waals surface area contributed by atoms with Crippen LogP contribution in [0.1, 0.15) is 40.0 Å². The monoisotopic (exact) mass is 222 g/mol. The summed E-state index contributed by atoms with van der Waals surface area (Å²) in [6, 6.07) is 2.18. The number of nitrogens with one attached hydrogen (secondary N) is 1. The second-order valence-electron chi connectivity index (χ2n) is 5.76. The molecule has 92 valence electrons. The van der Waals surface area contributed by atoms with Crippen molar-refractivity contribution in [2.24, 2.45) is 5.92 Å². The van der Waals surface area contributed by atoms with Gasteiger partial charge < -0.3 is 5.32 Å². The Bertz CT molecular complexity index is 247. The highest BCUT2D eigenvalue weighted by atomic mass is 15.3. The van der Waals surface area contributed by atoms with E-state index < -0.39 is 0 Å². The van der Waals surface area contributed by atoms with Gasteiger partial charge in [0.1, 0.15) is 0 Å². The Kier molecular flexibility index (Phi) is 4.04. The first-order valence-corrected chi connectivity index (χ1v) is 6.82. The van der Waals surface area contributed by atoms with E-state index in [1.54, 1.807) is 0 Å². The fourth-order valence-electron chi connectivity index (χ4n) is 3.07. The molecule has 2 nitrogen and oxygen atoms in total. The highest BCUT2D eigenvalue weighted by Crippen LogP contribution is 2.24. The van der Waals surface area contributed by atoms with Gasteiger partial charge in [0.05, 0.1) is 0 Å². The van der Waals surface area contributed by atoms with Gasteiger partial charge in [-0.05, 0) is 32.1 Å². The normalized spacial score (nSPS) is 36.9. The smallest absolute Gasteiger partial charge is 0.0247 e. The molecule has 1 aliphatic heterocycles. The molecule has 0 aromatic heterocycles. The number of hydrogen-bond donors (Lipinski definition) is 1. The Balaban J connectivity index is 2.04. The van der Waals surface area contributed by atoms with Gasteiger partial charge in [0.15, 0.2) is 0 Å². The molecule has 1 fully saturated rings. The molecule has 1 aliphatic carbocycles.